The molecule has 19 heavy (non-hydrogen) atoms. The second-order valence-electron chi connectivity index (χ2n) is 4.79. The first-order chi connectivity index (χ1) is 9.22. The van der Waals surface area contributed by atoms with E-state index >= 15 is 0 Å². The summed E-state index contributed by atoms with van der Waals surface area (Å²) >= 11 is 0. The van der Waals surface area contributed by atoms with Gasteiger partial charge in [0.1, 0.15) is 0 Å². The van der Waals surface area contributed by atoms with Crippen molar-refractivity contribution in [2.75, 3.05) is 6.54 Å². The molecular formula is C16H20N2O. The highest BCUT2D eigenvalue weighted by atomic mass is 16.1. The average molecular weight is 256 g/mol. The Morgan fingerprint density at radius 3 is 2.84 bits per heavy atom. The molecule has 1 amide bonds. The van der Waals surface area contributed by atoms with E-state index in [1.54, 1.807) is 0 Å². The Hall–Kier alpha value is -1.90. The van der Waals surface area contributed by atoms with Crippen molar-refractivity contribution >= 4 is 16.8 Å². The first-order valence-corrected chi connectivity index (χ1v) is 6.87. The number of rotatable bonds is 5. The minimum atomic E-state index is -0.00203. The maximum absolute atomic E-state index is 12.2. The number of aromatic nitrogens is 1. The molecule has 0 atom stereocenters. The van der Waals surface area contributed by atoms with Gasteiger partial charge in [0.25, 0.3) is 5.91 Å². The second kappa shape index (κ2) is 6.32. The molecule has 0 saturated heterocycles. The van der Waals surface area contributed by atoms with E-state index in [0.29, 0.717) is 0 Å². The predicted octanol–water partition coefficient (Wildman–Crippen LogP) is 3.46. The lowest BCUT2D eigenvalue weighted by atomic mass is 10.1. The van der Waals surface area contributed by atoms with E-state index < -0.39 is 0 Å². The number of nitrogens with one attached hydrogen (secondary N) is 1. The maximum Gasteiger partial charge on any atom is 0.252 e. The molecule has 3 heteroatoms. The summed E-state index contributed by atoms with van der Waals surface area (Å²) in [4.78, 5) is 16.7. The number of nitrogens with zero attached hydrogens (tertiary/aromatic N) is 1. The van der Waals surface area contributed by atoms with Gasteiger partial charge >= 0.3 is 0 Å². The van der Waals surface area contributed by atoms with E-state index in [0.717, 1.165) is 48.0 Å². The van der Waals surface area contributed by atoms with Crippen LogP contribution in [0.3, 0.4) is 0 Å². The van der Waals surface area contributed by atoms with Crippen molar-refractivity contribution < 1.29 is 4.79 Å². The SMILES string of the molecule is CCCCCNC(=O)c1cc(C)nc2ccccc12. The van der Waals surface area contributed by atoms with Crippen molar-refractivity contribution in [3.8, 4) is 0 Å². The molecule has 0 fully saturated rings. The Balaban J connectivity index is 2.21. The van der Waals surface area contributed by atoms with E-state index in [4.69, 9.17) is 0 Å². The lowest BCUT2D eigenvalue weighted by Crippen LogP contribution is -2.24. The summed E-state index contributed by atoms with van der Waals surface area (Å²) in [5, 5.41) is 3.90. The van der Waals surface area contributed by atoms with Gasteiger partial charge in [0, 0.05) is 17.6 Å². The van der Waals surface area contributed by atoms with Crippen molar-refractivity contribution in [3.63, 3.8) is 0 Å². The minimum absolute atomic E-state index is 0.00203. The van der Waals surface area contributed by atoms with Gasteiger partial charge in [0.05, 0.1) is 11.1 Å². The van der Waals surface area contributed by atoms with Crippen LogP contribution in [0, 0.1) is 6.92 Å². The molecule has 1 N–H and O–H groups in total. The van der Waals surface area contributed by atoms with Crippen LogP contribution in [0.5, 0.6) is 0 Å². The third kappa shape index (κ3) is 3.31. The van der Waals surface area contributed by atoms with Crippen molar-refractivity contribution in [3.05, 3.63) is 41.6 Å². The fourth-order valence-corrected chi connectivity index (χ4v) is 2.17. The number of hydrogen-bond acceptors (Lipinski definition) is 2. The zero-order chi connectivity index (χ0) is 13.7. The van der Waals surface area contributed by atoms with E-state index in [-0.39, 0.29) is 5.91 Å². The molecule has 0 aliphatic carbocycles. The molecule has 0 aliphatic heterocycles. The number of pyridine rings is 1. The number of aryl methyl sites for hydroxylation is 1. The third-order valence-corrected chi connectivity index (χ3v) is 3.15. The van der Waals surface area contributed by atoms with E-state index in [1.807, 2.05) is 37.3 Å². The summed E-state index contributed by atoms with van der Waals surface area (Å²) < 4.78 is 0. The molecule has 0 bridgehead atoms. The molecule has 100 valence electrons. The predicted molar refractivity (Wildman–Crippen MR) is 78.3 cm³/mol. The van der Waals surface area contributed by atoms with Gasteiger partial charge in [0.2, 0.25) is 0 Å². The standard InChI is InChI=1S/C16H20N2O/c1-3-4-7-10-17-16(19)14-11-12(2)18-15-9-6-5-8-13(14)15/h5-6,8-9,11H,3-4,7,10H2,1-2H3,(H,17,19). The molecule has 0 aliphatic rings. The van der Waals surface area contributed by atoms with Gasteiger partial charge in [-0.25, -0.2) is 0 Å². The maximum atomic E-state index is 12.2. The molecule has 0 saturated carbocycles. The topological polar surface area (TPSA) is 42.0 Å². The molecule has 3 nitrogen and oxygen atoms in total. The molecule has 1 heterocycles. The van der Waals surface area contributed by atoms with E-state index in [1.165, 1.54) is 0 Å². The molecule has 1 aromatic heterocycles. The van der Waals surface area contributed by atoms with E-state index in [2.05, 4.69) is 17.2 Å². The number of para-hydroxylation sites is 1. The average Bonchev–Trinajstić information content (AvgIpc) is 2.42. The summed E-state index contributed by atoms with van der Waals surface area (Å²) in [7, 11) is 0. The summed E-state index contributed by atoms with van der Waals surface area (Å²) in [6.45, 7) is 4.81. The van der Waals surface area contributed by atoms with Crippen LogP contribution in [0.15, 0.2) is 30.3 Å². The number of hydrogen-bond donors (Lipinski definition) is 1. The number of carbonyl (C=O) groups is 1. The Labute approximate surface area is 114 Å². The summed E-state index contributed by atoms with van der Waals surface area (Å²) in [5.74, 6) is -0.00203. The number of unbranched alkanes of at least 4 members (excludes halogenated alkanes) is 2. The summed E-state index contributed by atoms with van der Waals surface area (Å²) in [5.41, 5.74) is 2.47. The highest BCUT2D eigenvalue weighted by molar-refractivity contribution is 6.06. The van der Waals surface area contributed by atoms with Gasteiger partial charge in [-0.3, -0.25) is 9.78 Å². The van der Waals surface area contributed by atoms with Crippen LogP contribution < -0.4 is 5.32 Å². The van der Waals surface area contributed by atoms with Gasteiger partial charge < -0.3 is 5.32 Å². The van der Waals surface area contributed by atoms with Crippen molar-refractivity contribution in [1.29, 1.82) is 0 Å². The molecule has 2 rings (SSSR count). The monoisotopic (exact) mass is 256 g/mol. The highest BCUT2D eigenvalue weighted by Gasteiger charge is 2.10. The minimum Gasteiger partial charge on any atom is -0.352 e. The van der Waals surface area contributed by atoms with Crippen molar-refractivity contribution in [2.45, 2.75) is 33.1 Å². The Morgan fingerprint density at radius 1 is 1.26 bits per heavy atom. The van der Waals surface area contributed by atoms with Gasteiger partial charge in [-0.15, -0.1) is 0 Å². The van der Waals surface area contributed by atoms with Gasteiger partial charge in [-0.2, -0.15) is 0 Å². The highest BCUT2D eigenvalue weighted by Crippen LogP contribution is 2.18. The quantitative estimate of drug-likeness (QED) is 0.832. The van der Waals surface area contributed by atoms with Crippen molar-refractivity contribution in [1.82, 2.24) is 10.3 Å². The lowest BCUT2D eigenvalue weighted by Gasteiger charge is -2.08. The number of fused-ring (bicyclic) bond motifs is 1. The molecule has 1 aromatic carbocycles. The number of amides is 1. The van der Waals surface area contributed by atoms with Crippen LogP contribution in [0.1, 0.15) is 42.2 Å². The van der Waals surface area contributed by atoms with E-state index in [9.17, 15) is 4.79 Å². The summed E-state index contributed by atoms with van der Waals surface area (Å²) in [6.07, 6.45) is 3.34. The van der Waals surface area contributed by atoms with Crippen LogP contribution in [-0.2, 0) is 0 Å². The third-order valence-electron chi connectivity index (χ3n) is 3.15. The van der Waals surface area contributed by atoms with Crippen LogP contribution in [-0.4, -0.2) is 17.4 Å². The van der Waals surface area contributed by atoms with Gasteiger partial charge in [-0.1, -0.05) is 38.0 Å². The van der Waals surface area contributed by atoms with Crippen LogP contribution in [0.4, 0.5) is 0 Å². The number of benzene rings is 1. The Kier molecular flexibility index (Phi) is 4.50. The largest absolute Gasteiger partial charge is 0.352 e. The first kappa shape index (κ1) is 13.5. The fourth-order valence-electron chi connectivity index (χ4n) is 2.17. The molecule has 0 radical (unpaired) electrons. The first-order valence-electron chi connectivity index (χ1n) is 6.87. The zero-order valence-corrected chi connectivity index (χ0v) is 11.6. The fraction of sp³-hybridized carbons (Fsp3) is 0.375. The molecule has 2 aromatic rings. The summed E-state index contributed by atoms with van der Waals surface area (Å²) in [6, 6.07) is 9.63. The molecular weight excluding hydrogens is 236 g/mol. The van der Waals surface area contributed by atoms with Crippen LogP contribution >= 0.6 is 0 Å². The Bertz CT molecular complexity index is 578. The normalized spacial score (nSPS) is 10.6. The zero-order valence-electron chi connectivity index (χ0n) is 11.6. The van der Waals surface area contributed by atoms with Crippen molar-refractivity contribution in [2.24, 2.45) is 0 Å². The second-order valence-corrected chi connectivity index (χ2v) is 4.79. The number of carbonyl (C=O) groups excluding carboxylic acids is 1. The van der Waals surface area contributed by atoms with Crippen LogP contribution in [0.2, 0.25) is 0 Å². The van der Waals surface area contributed by atoms with Gasteiger partial charge in [-0.05, 0) is 25.5 Å². The molecule has 0 spiro atoms. The Morgan fingerprint density at radius 2 is 2.05 bits per heavy atom. The van der Waals surface area contributed by atoms with Gasteiger partial charge in [0.15, 0.2) is 0 Å². The lowest BCUT2D eigenvalue weighted by molar-refractivity contribution is 0.0954. The smallest absolute Gasteiger partial charge is 0.252 e. The molecule has 0 unspecified atom stereocenters. The van der Waals surface area contributed by atoms with Crippen LogP contribution in [0.25, 0.3) is 10.9 Å².